The number of para-hydroxylation sites is 1. The van der Waals surface area contributed by atoms with Crippen LogP contribution in [-0.4, -0.2) is 93.6 Å². The van der Waals surface area contributed by atoms with Gasteiger partial charge in [-0.25, -0.2) is 8.42 Å². The third-order valence-corrected chi connectivity index (χ3v) is 8.14. The number of hydrogen-bond donors (Lipinski definition) is 0. The maximum absolute atomic E-state index is 13.6. The zero-order valence-electron chi connectivity index (χ0n) is 17.7. The molecule has 3 aliphatic heterocycles. The Morgan fingerprint density at radius 3 is 2.67 bits per heavy atom. The van der Waals surface area contributed by atoms with Crippen molar-refractivity contribution in [2.45, 2.75) is 48.8 Å². The van der Waals surface area contributed by atoms with Crippen molar-refractivity contribution in [1.82, 2.24) is 14.1 Å². The Labute approximate surface area is 178 Å². The van der Waals surface area contributed by atoms with Crippen molar-refractivity contribution in [2.75, 3.05) is 46.9 Å². The van der Waals surface area contributed by atoms with E-state index in [0.29, 0.717) is 51.4 Å². The van der Waals surface area contributed by atoms with Gasteiger partial charge in [0.15, 0.2) is 0 Å². The van der Waals surface area contributed by atoms with Crippen LogP contribution in [0.1, 0.15) is 25.7 Å². The Hall–Kier alpha value is -1.68. The topological polar surface area (TPSA) is 79.4 Å². The number of likely N-dealkylation sites (N-methyl/N-ethyl adjacent to an activating group) is 1. The molecular formula is C21H31N3O5S. The number of fused-ring (bicyclic) bond motifs is 2. The van der Waals surface area contributed by atoms with Gasteiger partial charge in [-0.3, -0.25) is 4.79 Å². The number of hydrogen-bond acceptors (Lipinski definition) is 6. The minimum absolute atomic E-state index is 0.0204. The van der Waals surface area contributed by atoms with E-state index in [0.717, 1.165) is 12.8 Å². The van der Waals surface area contributed by atoms with E-state index in [-0.39, 0.29) is 29.1 Å². The molecular weight excluding hydrogens is 406 g/mol. The fraction of sp³-hybridized carbons (Fsp3) is 0.667. The highest BCUT2D eigenvalue weighted by Gasteiger charge is 2.44. The van der Waals surface area contributed by atoms with Gasteiger partial charge in [0.2, 0.25) is 10.0 Å². The predicted octanol–water partition coefficient (Wildman–Crippen LogP) is 1.17. The van der Waals surface area contributed by atoms with Crippen molar-refractivity contribution in [1.29, 1.82) is 0 Å². The van der Waals surface area contributed by atoms with Crippen molar-refractivity contribution in [3.05, 3.63) is 24.3 Å². The quantitative estimate of drug-likeness (QED) is 0.704. The summed E-state index contributed by atoms with van der Waals surface area (Å²) in [5, 5.41) is 0. The van der Waals surface area contributed by atoms with Crippen LogP contribution in [0.25, 0.3) is 0 Å². The molecule has 8 nitrogen and oxygen atoms in total. The van der Waals surface area contributed by atoms with Crippen LogP contribution >= 0.6 is 0 Å². The van der Waals surface area contributed by atoms with E-state index in [4.69, 9.17) is 9.47 Å². The van der Waals surface area contributed by atoms with E-state index in [1.165, 1.54) is 0 Å². The van der Waals surface area contributed by atoms with Gasteiger partial charge in [-0.15, -0.1) is 0 Å². The third kappa shape index (κ3) is 4.21. The van der Waals surface area contributed by atoms with Crippen LogP contribution in [0, 0.1) is 0 Å². The van der Waals surface area contributed by atoms with Gasteiger partial charge in [0, 0.05) is 39.2 Å². The monoisotopic (exact) mass is 437 g/mol. The van der Waals surface area contributed by atoms with E-state index in [1.54, 1.807) is 28.6 Å². The van der Waals surface area contributed by atoms with Crippen molar-refractivity contribution in [2.24, 2.45) is 0 Å². The molecule has 1 aromatic rings. The molecule has 0 radical (unpaired) electrons. The number of sulfonamides is 1. The Balaban J connectivity index is 1.62. The smallest absolute Gasteiger partial charge is 0.251 e. The lowest BCUT2D eigenvalue weighted by atomic mass is 10.1. The normalized spacial score (nSPS) is 28.9. The summed E-state index contributed by atoms with van der Waals surface area (Å²) < 4.78 is 40.6. The van der Waals surface area contributed by atoms with Crippen LogP contribution in [0.3, 0.4) is 0 Å². The van der Waals surface area contributed by atoms with E-state index < -0.39 is 10.0 Å². The summed E-state index contributed by atoms with van der Waals surface area (Å²) in [6.45, 7) is 2.68. The summed E-state index contributed by atoms with van der Waals surface area (Å²) in [6, 6.07) is 6.55. The standard InChI is InChI=1S/C21H31N3O5S/c1-22(2)13-14-24-16-9-11-23(21(25)19-7-5-15-28-19)12-10-17(16)29-18-6-3-4-8-20(18)30(24,26)27/h3-4,6,8,16-17,19H,5,7,9-15H2,1-2H3/t16-,17+,19-/m1/s1. The number of benzene rings is 1. The number of carbonyl (C=O) groups is 1. The van der Waals surface area contributed by atoms with Gasteiger partial charge in [0.1, 0.15) is 22.9 Å². The van der Waals surface area contributed by atoms with Crippen LogP contribution in [0.15, 0.2) is 29.2 Å². The largest absolute Gasteiger partial charge is 0.487 e. The lowest BCUT2D eigenvalue weighted by Gasteiger charge is -2.32. The number of ether oxygens (including phenoxy) is 2. The fourth-order valence-corrected chi connectivity index (χ4v) is 6.33. The summed E-state index contributed by atoms with van der Waals surface area (Å²) in [7, 11) is 0.163. The molecule has 0 aliphatic carbocycles. The number of likely N-dealkylation sites (tertiary alicyclic amines) is 1. The first kappa shape index (κ1) is 21.5. The average Bonchev–Trinajstić information content (AvgIpc) is 3.15. The average molecular weight is 438 g/mol. The van der Waals surface area contributed by atoms with Crippen molar-refractivity contribution < 1.29 is 22.7 Å². The first-order valence-electron chi connectivity index (χ1n) is 10.7. The minimum Gasteiger partial charge on any atom is -0.487 e. The first-order chi connectivity index (χ1) is 14.4. The predicted molar refractivity (Wildman–Crippen MR) is 112 cm³/mol. The van der Waals surface area contributed by atoms with Crippen LogP contribution in [0.4, 0.5) is 0 Å². The molecule has 30 heavy (non-hydrogen) atoms. The minimum atomic E-state index is -3.70. The maximum Gasteiger partial charge on any atom is 0.251 e. The molecule has 166 valence electrons. The number of nitrogens with zero attached hydrogens (tertiary/aromatic N) is 3. The summed E-state index contributed by atoms with van der Waals surface area (Å²) in [5.41, 5.74) is 0. The molecule has 3 aliphatic rings. The summed E-state index contributed by atoms with van der Waals surface area (Å²) in [4.78, 5) is 16.9. The molecule has 3 atom stereocenters. The van der Waals surface area contributed by atoms with Gasteiger partial charge in [0.25, 0.3) is 5.91 Å². The molecule has 0 unspecified atom stereocenters. The van der Waals surface area contributed by atoms with Crippen molar-refractivity contribution >= 4 is 15.9 Å². The zero-order chi connectivity index (χ0) is 21.3. The van der Waals surface area contributed by atoms with Crippen LogP contribution in [0.5, 0.6) is 5.75 Å². The van der Waals surface area contributed by atoms with Crippen LogP contribution in [0.2, 0.25) is 0 Å². The molecule has 2 fully saturated rings. The van der Waals surface area contributed by atoms with Gasteiger partial charge in [-0.05, 0) is 45.5 Å². The van der Waals surface area contributed by atoms with Crippen LogP contribution < -0.4 is 4.74 Å². The van der Waals surface area contributed by atoms with Crippen molar-refractivity contribution in [3.63, 3.8) is 0 Å². The van der Waals surface area contributed by atoms with Gasteiger partial charge < -0.3 is 19.3 Å². The summed E-state index contributed by atoms with van der Waals surface area (Å²) in [6.07, 6.45) is 2.15. The third-order valence-electron chi connectivity index (χ3n) is 6.18. The van der Waals surface area contributed by atoms with E-state index in [9.17, 15) is 13.2 Å². The molecule has 0 aromatic heterocycles. The molecule has 9 heteroatoms. The molecule has 3 heterocycles. The SMILES string of the molecule is CN(C)CCN1[C@@H]2CCN(C(=O)[C@H]3CCCO3)CC[C@@H]2Oc2ccccc2S1(=O)=O. The Kier molecular flexibility index (Phi) is 6.34. The maximum atomic E-state index is 13.6. The lowest BCUT2D eigenvalue weighted by Crippen LogP contribution is -2.49. The van der Waals surface area contributed by atoms with E-state index in [2.05, 4.69) is 0 Å². The van der Waals surface area contributed by atoms with Gasteiger partial charge in [-0.2, -0.15) is 4.31 Å². The van der Waals surface area contributed by atoms with Crippen molar-refractivity contribution in [3.8, 4) is 5.75 Å². The molecule has 0 N–H and O–H groups in total. The fourth-order valence-electron chi connectivity index (χ4n) is 4.54. The second-order valence-electron chi connectivity index (χ2n) is 8.49. The Morgan fingerprint density at radius 1 is 1.17 bits per heavy atom. The molecule has 1 aromatic carbocycles. The summed E-state index contributed by atoms with van der Waals surface area (Å²) >= 11 is 0. The number of amides is 1. The molecule has 1 amide bonds. The molecule has 2 saturated heterocycles. The second-order valence-corrected chi connectivity index (χ2v) is 10.4. The lowest BCUT2D eigenvalue weighted by molar-refractivity contribution is -0.140. The second kappa shape index (κ2) is 8.82. The summed E-state index contributed by atoms with van der Waals surface area (Å²) in [5.74, 6) is 0.422. The highest BCUT2D eigenvalue weighted by molar-refractivity contribution is 7.89. The highest BCUT2D eigenvalue weighted by Crippen LogP contribution is 2.36. The molecule has 0 spiro atoms. The highest BCUT2D eigenvalue weighted by atomic mass is 32.2. The zero-order valence-corrected chi connectivity index (χ0v) is 18.5. The molecule has 0 bridgehead atoms. The molecule has 4 rings (SSSR count). The van der Waals surface area contributed by atoms with Gasteiger partial charge >= 0.3 is 0 Å². The Bertz CT molecular complexity index is 869. The van der Waals surface area contributed by atoms with Gasteiger partial charge in [-0.1, -0.05) is 12.1 Å². The van der Waals surface area contributed by atoms with Crippen LogP contribution in [-0.2, 0) is 19.6 Å². The van der Waals surface area contributed by atoms with E-state index in [1.807, 2.05) is 23.9 Å². The molecule has 0 saturated carbocycles. The van der Waals surface area contributed by atoms with E-state index >= 15 is 0 Å². The first-order valence-corrected chi connectivity index (χ1v) is 12.1. The number of carbonyl (C=O) groups excluding carboxylic acids is 1. The van der Waals surface area contributed by atoms with Gasteiger partial charge in [0.05, 0.1) is 6.04 Å². The number of rotatable bonds is 4. The Morgan fingerprint density at radius 2 is 1.93 bits per heavy atom.